The van der Waals surface area contributed by atoms with Crippen LogP contribution in [0.15, 0.2) is 48.7 Å². The van der Waals surface area contributed by atoms with E-state index < -0.39 is 0 Å². The Morgan fingerprint density at radius 2 is 2.04 bits per heavy atom. The Labute approximate surface area is 144 Å². The van der Waals surface area contributed by atoms with Gasteiger partial charge in [0.2, 0.25) is 0 Å². The standard InChI is InChI=1S/C20H25N3O/c1-3-23(20(24)19-10-7-12-21-16(19)2)18-11-13-22(15-18)14-17-8-5-4-6-9-17/h4-10,12,18H,3,11,13-15H2,1-2H3/t18-/m0/s1. The summed E-state index contributed by atoms with van der Waals surface area (Å²) in [5.41, 5.74) is 2.86. The predicted octanol–water partition coefficient (Wildman–Crippen LogP) is 3.13. The Balaban J connectivity index is 1.67. The molecule has 1 atom stereocenters. The fourth-order valence-corrected chi connectivity index (χ4v) is 3.48. The Hall–Kier alpha value is -2.20. The molecule has 0 bridgehead atoms. The van der Waals surface area contributed by atoms with Gasteiger partial charge >= 0.3 is 0 Å². The fourth-order valence-electron chi connectivity index (χ4n) is 3.48. The molecular weight excluding hydrogens is 298 g/mol. The van der Waals surface area contributed by atoms with Crippen LogP contribution in [0.1, 0.15) is 35.0 Å². The molecule has 24 heavy (non-hydrogen) atoms. The number of likely N-dealkylation sites (tertiary alicyclic amines) is 1. The fraction of sp³-hybridized carbons (Fsp3) is 0.400. The van der Waals surface area contributed by atoms with Crippen molar-refractivity contribution >= 4 is 5.91 Å². The van der Waals surface area contributed by atoms with Gasteiger partial charge in [-0.3, -0.25) is 14.7 Å². The molecule has 2 aromatic rings. The Morgan fingerprint density at radius 3 is 2.75 bits per heavy atom. The van der Waals surface area contributed by atoms with Gasteiger partial charge in [0.25, 0.3) is 5.91 Å². The maximum Gasteiger partial charge on any atom is 0.255 e. The lowest BCUT2D eigenvalue weighted by atomic mass is 10.1. The smallest absolute Gasteiger partial charge is 0.255 e. The number of amides is 1. The van der Waals surface area contributed by atoms with Crippen LogP contribution in [0.25, 0.3) is 0 Å². The van der Waals surface area contributed by atoms with E-state index in [1.165, 1.54) is 5.56 Å². The largest absolute Gasteiger partial charge is 0.335 e. The van der Waals surface area contributed by atoms with Gasteiger partial charge in [0, 0.05) is 44.1 Å². The van der Waals surface area contributed by atoms with E-state index in [4.69, 9.17) is 0 Å². The van der Waals surface area contributed by atoms with Crippen LogP contribution in [0.2, 0.25) is 0 Å². The van der Waals surface area contributed by atoms with Crippen molar-refractivity contribution in [3.8, 4) is 0 Å². The molecule has 1 fully saturated rings. The molecule has 1 aromatic carbocycles. The molecule has 0 radical (unpaired) electrons. The highest BCUT2D eigenvalue weighted by molar-refractivity contribution is 5.95. The van der Waals surface area contributed by atoms with Gasteiger partial charge in [-0.2, -0.15) is 0 Å². The molecule has 1 aliphatic heterocycles. The number of carbonyl (C=O) groups excluding carboxylic acids is 1. The maximum atomic E-state index is 12.9. The molecule has 4 heteroatoms. The number of carbonyl (C=O) groups is 1. The Kier molecular flexibility index (Phi) is 5.26. The number of benzene rings is 1. The predicted molar refractivity (Wildman–Crippen MR) is 95.8 cm³/mol. The summed E-state index contributed by atoms with van der Waals surface area (Å²) < 4.78 is 0. The lowest BCUT2D eigenvalue weighted by Crippen LogP contribution is -2.42. The quantitative estimate of drug-likeness (QED) is 0.848. The summed E-state index contributed by atoms with van der Waals surface area (Å²) in [6, 6.07) is 14.5. The normalized spacial score (nSPS) is 17.8. The minimum atomic E-state index is 0.106. The molecule has 0 unspecified atom stereocenters. The van der Waals surface area contributed by atoms with E-state index in [1.54, 1.807) is 6.20 Å². The van der Waals surface area contributed by atoms with Crippen LogP contribution in [-0.2, 0) is 6.54 Å². The average Bonchev–Trinajstić information content (AvgIpc) is 3.05. The zero-order chi connectivity index (χ0) is 16.9. The number of rotatable bonds is 5. The SMILES string of the molecule is CCN(C(=O)c1cccnc1C)[C@H]1CCN(Cc2ccccc2)C1. The summed E-state index contributed by atoms with van der Waals surface area (Å²) in [4.78, 5) is 21.6. The number of pyridine rings is 1. The second-order valence-electron chi connectivity index (χ2n) is 6.39. The van der Waals surface area contributed by atoms with Crippen LogP contribution in [0.5, 0.6) is 0 Å². The first kappa shape index (κ1) is 16.7. The first-order valence-corrected chi connectivity index (χ1v) is 8.68. The molecule has 1 aliphatic rings. The van der Waals surface area contributed by atoms with Crippen molar-refractivity contribution in [2.45, 2.75) is 32.9 Å². The van der Waals surface area contributed by atoms with Gasteiger partial charge < -0.3 is 4.90 Å². The third kappa shape index (κ3) is 3.65. The highest BCUT2D eigenvalue weighted by atomic mass is 16.2. The van der Waals surface area contributed by atoms with E-state index >= 15 is 0 Å². The Bertz CT molecular complexity index is 686. The zero-order valence-electron chi connectivity index (χ0n) is 14.5. The number of likely N-dealkylation sites (N-methyl/N-ethyl adjacent to an activating group) is 1. The first-order chi connectivity index (χ1) is 11.7. The van der Waals surface area contributed by atoms with Crippen LogP contribution in [0.3, 0.4) is 0 Å². The van der Waals surface area contributed by atoms with Gasteiger partial charge in [0.15, 0.2) is 0 Å². The summed E-state index contributed by atoms with van der Waals surface area (Å²) >= 11 is 0. The minimum absolute atomic E-state index is 0.106. The number of nitrogens with zero attached hydrogens (tertiary/aromatic N) is 3. The van der Waals surface area contributed by atoms with Crippen molar-refractivity contribution in [2.75, 3.05) is 19.6 Å². The van der Waals surface area contributed by atoms with E-state index in [9.17, 15) is 4.79 Å². The Morgan fingerprint density at radius 1 is 1.25 bits per heavy atom. The molecule has 0 N–H and O–H groups in total. The summed E-state index contributed by atoms with van der Waals surface area (Å²) in [7, 11) is 0. The van der Waals surface area contributed by atoms with Crippen molar-refractivity contribution in [3.05, 3.63) is 65.5 Å². The maximum absolute atomic E-state index is 12.9. The molecule has 3 rings (SSSR count). The minimum Gasteiger partial charge on any atom is -0.335 e. The molecule has 1 amide bonds. The molecule has 1 saturated heterocycles. The summed E-state index contributed by atoms with van der Waals surface area (Å²) in [6.07, 6.45) is 2.77. The zero-order valence-corrected chi connectivity index (χ0v) is 14.5. The molecule has 0 spiro atoms. The van der Waals surface area contributed by atoms with Crippen LogP contribution in [-0.4, -0.2) is 46.4 Å². The number of hydrogen-bond donors (Lipinski definition) is 0. The van der Waals surface area contributed by atoms with Crippen molar-refractivity contribution in [1.29, 1.82) is 0 Å². The van der Waals surface area contributed by atoms with Crippen molar-refractivity contribution < 1.29 is 4.79 Å². The monoisotopic (exact) mass is 323 g/mol. The summed E-state index contributed by atoms with van der Waals surface area (Å²) in [5, 5.41) is 0. The molecular formula is C20H25N3O. The molecule has 0 aliphatic carbocycles. The number of aromatic nitrogens is 1. The topological polar surface area (TPSA) is 36.4 Å². The highest BCUT2D eigenvalue weighted by Crippen LogP contribution is 2.20. The van der Waals surface area contributed by atoms with Crippen LogP contribution >= 0.6 is 0 Å². The summed E-state index contributed by atoms with van der Waals surface area (Å²) in [6.45, 7) is 7.62. The van der Waals surface area contributed by atoms with Gasteiger partial charge in [-0.15, -0.1) is 0 Å². The lowest BCUT2D eigenvalue weighted by Gasteiger charge is -2.28. The molecule has 0 saturated carbocycles. The van der Waals surface area contributed by atoms with Crippen molar-refractivity contribution in [2.24, 2.45) is 0 Å². The van der Waals surface area contributed by atoms with E-state index in [0.29, 0.717) is 0 Å². The van der Waals surface area contributed by atoms with E-state index in [2.05, 4.69) is 41.1 Å². The number of aryl methyl sites for hydroxylation is 1. The van der Waals surface area contributed by atoms with Gasteiger partial charge in [0.05, 0.1) is 5.56 Å². The van der Waals surface area contributed by atoms with Crippen molar-refractivity contribution in [3.63, 3.8) is 0 Å². The molecule has 2 heterocycles. The van der Waals surface area contributed by atoms with Gasteiger partial charge in [0.1, 0.15) is 0 Å². The van der Waals surface area contributed by atoms with Gasteiger partial charge in [-0.05, 0) is 38.0 Å². The van der Waals surface area contributed by atoms with Gasteiger partial charge in [-0.1, -0.05) is 30.3 Å². The van der Waals surface area contributed by atoms with E-state index in [1.807, 2.05) is 30.0 Å². The van der Waals surface area contributed by atoms with Gasteiger partial charge in [-0.25, -0.2) is 0 Å². The third-order valence-corrected chi connectivity index (χ3v) is 4.78. The second kappa shape index (κ2) is 7.58. The third-order valence-electron chi connectivity index (χ3n) is 4.78. The molecule has 126 valence electrons. The van der Waals surface area contributed by atoms with E-state index in [0.717, 1.165) is 43.9 Å². The van der Waals surface area contributed by atoms with Crippen molar-refractivity contribution in [1.82, 2.24) is 14.8 Å². The van der Waals surface area contributed by atoms with Crippen LogP contribution in [0.4, 0.5) is 0 Å². The lowest BCUT2D eigenvalue weighted by molar-refractivity contribution is 0.0692. The molecule has 1 aromatic heterocycles. The summed E-state index contributed by atoms with van der Waals surface area (Å²) in [5.74, 6) is 0.106. The highest BCUT2D eigenvalue weighted by Gasteiger charge is 2.30. The van der Waals surface area contributed by atoms with Crippen LogP contribution < -0.4 is 0 Å². The number of hydrogen-bond acceptors (Lipinski definition) is 3. The first-order valence-electron chi connectivity index (χ1n) is 8.68. The second-order valence-corrected chi connectivity index (χ2v) is 6.39. The molecule has 4 nitrogen and oxygen atoms in total. The average molecular weight is 323 g/mol. The van der Waals surface area contributed by atoms with E-state index in [-0.39, 0.29) is 11.9 Å². The van der Waals surface area contributed by atoms with Crippen LogP contribution in [0, 0.1) is 6.92 Å².